The van der Waals surface area contributed by atoms with E-state index in [9.17, 15) is 8.60 Å². The number of aromatic nitrogens is 2. The number of halogens is 1. The molecule has 5 rings (SSSR count). The minimum Gasteiger partial charge on any atom is -0.354 e. The number of fused-ring (bicyclic) bond motifs is 1. The van der Waals surface area contributed by atoms with Gasteiger partial charge in [-0.3, -0.25) is 9.19 Å². The number of H-pyrrole nitrogens is 1. The summed E-state index contributed by atoms with van der Waals surface area (Å²) in [5.41, 5.74) is 7.11. The summed E-state index contributed by atoms with van der Waals surface area (Å²) in [6.45, 7) is 4.14. The van der Waals surface area contributed by atoms with Crippen LogP contribution in [0.3, 0.4) is 0 Å². The molecule has 1 unspecified atom stereocenters. The van der Waals surface area contributed by atoms with Crippen molar-refractivity contribution in [1.82, 2.24) is 9.97 Å². The number of pyridine rings is 1. The first-order valence-electron chi connectivity index (χ1n) is 10.4. The number of aryl methyl sites for hydroxylation is 1. The molecule has 0 amide bonds. The van der Waals surface area contributed by atoms with Gasteiger partial charge < -0.3 is 4.98 Å². The number of hydrogen-bond donors (Lipinski definition) is 1. The molecule has 4 aromatic rings. The van der Waals surface area contributed by atoms with E-state index in [0.29, 0.717) is 0 Å². The molecule has 156 valence electrons. The highest BCUT2D eigenvalue weighted by molar-refractivity contribution is 7.86. The monoisotopic (exact) mass is 430 g/mol. The van der Waals surface area contributed by atoms with Crippen LogP contribution in [-0.4, -0.2) is 18.9 Å². The van der Waals surface area contributed by atoms with Crippen molar-refractivity contribution in [2.24, 2.45) is 0 Å². The van der Waals surface area contributed by atoms with E-state index < -0.39 is 10.8 Å². The first-order valence-corrected chi connectivity index (χ1v) is 11.5. The molecule has 1 aliphatic rings. The van der Waals surface area contributed by atoms with E-state index in [-0.39, 0.29) is 10.6 Å². The van der Waals surface area contributed by atoms with Crippen LogP contribution in [0.5, 0.6) is 0 Å². The Balaban J connectivity index is 1.63. The fraction of sp³-hybridized carbons (Fsp3) is 0.192. The van der Waals surface area contributed by atoms with E-state index in [1.807, 2.05) is 24.3 Å². The van der Waals surface area contributed by atoms with Gasteiger partial charge in [-0.1, -0.05) is 6.07 Å². The Morgan fingerprint density at radius 3 is 2.39 bits per heavy atom. The molecule has 0 radical (unpaired) electrons. The summed E-state index contributed by atoms with van der Waals surface area (Å²) in [7, 11) is -1.00. The SMILES string of the molecule is CC1(C)CCc2cc(-c3cc(-c4ccncc4)c(-c4ccc(F)cc4)[nH]3)ccc2S1=O. The lowest BCUT2D eigenvalue weighted by molar-refractivity contribution is 0.572. The molecule has 1 aliphatic heterocycles. The van der Waals surface area contributed by atoms with Crippen molar-refractivity contribution in [3.63, 3.8) is 0 Å². The zero-order valence-corrected chi connectivity index (χ0v) is 18.3. The summed E-state index contributed by atoms with van der Waals surface area (Å²) in [6, 6.07) is 18.8. The van der Waals surface area contributed by atoms with Gasteiger partial charge in [0, 0.05) is 33.3 Å². The molecule has 0 spiro atoms. The van der Waals surface area contributed by atoms with Gasteiger partial charge in [-0.05, 0) is 104 Å². The highest BCUT2D eigenvalue weighted by Gasteiger charge is 2.33. The van der Waals surface area contributed by atoms with Gasteiger partial charge in [-0.15, -0.1) is 0 Å². The van der Waals surface area contributed by atoms with Gasteiger partial charge in [-0.2, -0.15) is 0 Å². The zero-order chi connectivity index (χ0) is 21.6. The van der Waals surface area contributed by atoms with Crippen LogP contribution < -0.4 is 0 Å². The predicted octanol–water partition coefficient (Wildman–Crippen LogP) is 6.38. The van der Waals surface area contributed by atoms with Crippen LogP contribution in [0.25, 0.3) is 33.6 Å². The van der Waals surface area contributed by atoms with Crippen molar-refractivity contribution < 1.29 is 8.60 Å². The molecular weight excluding hydrogens is 407 g/mol. The highest BCUT2D eigenvalue weighted by Crippen LogP contribution is 2.39. The first-order chi connectivity index (χ1) is 14.9. The third-order valence-corrected chi connectivity index (χ3v) is 8.02. The minimum atomic E-state index is -1.00. The molecule has 0 saturated heterocycles. The molecule has 2 aromatic carbocycles. The van der Waals surface area contributed by atoms with Crippen molar-refractivity contribution in [2.45, 2.75) is 36.3 Å². The molecule has 3 nitrogen and oxygen atoms in total. The minimum absolute atomic E-state index is 0.189. The smallest absolute Gasteiger partial charge is 0.123 e. The third kappa shape index (κ3) is 3.63. The van der Waals surface area contributed by atoms with Gasteiger partial charge >= 0.3 is 0 Å². The summed E-state index contributed by atoms with van der Waals surface area (Å²) in [4.78, 5) is 8.62. The van der Waals surface area contributed by atoms with Crippen molar-refractivity contribution >= 4 is 10.8 Å². The molecule has 0 saturated carbocycles. The number of hydrogen-bond acceptors (Lipinski definition) is 2. The van der Waals surface area contributed by atoms with Crippen LogP contribution in [0.1, 0.15) is 25.8 Å². The first kappa shape index (κ1) is 19.9. The lowest BCUT2D eigenvalue weighted by Gasteiger charge is -2.30. The van der Waals surface area contributed by atoms with E-state index >= 15 is 0 Å². The van der Waals surface area contributed by atoms with Crippen LogP contribution >= 0.6 is 0 Å². The fourth-order valence-corrected chi connectivity index (χ4v) is 5.64. The molecule has 1 N–H and O–H groups in total. The molecule has 3 heterocycles. The lowest BCUT2D eigenvalue weighted by atomic mass is 9.98. The predicted molar refractivity (Wildman–Crippen MR) is 124 cm³/mol. The van der Waals surface area contributed by atoms with Crippen LogP contribution in [0, 0.1) is 5.82 Å². The van der Waals surface area contributed by atoms with Crippen molar-refractivity contribution in [3.8, 4) is 33.6 Å². The maximum Gasteiger partial charge on any atom is 0.123 e. The average molecular weight is 431 g/mol. The highest BCUT2D eigenvalue weighted by atomic mass is 32.2. The Bertz CT molecular complexity index is 1280. The Morgan fingerprint density at radius 1 is 0.935 bits per heavy atom. The Morgan fingerprint density at radius 2 is 1.65 bits per heavy atom. The van der Waals surface area contributed by atoms with Gasteiger partial charge in [0.2, 0.25) is 0 Å². The largest absolute Gasteiger partial charge is 0.354 e. The molecule has 5 heteroatoms. The van der Waals surface area contributed by atoms with Gasteiger partial charge in [0.25, 0.3) is 0 Å². The number of benzene rings is 2. The standard InChI is InChI=1S/C26H23FN2OS/c1-26(2)12-9-20-15-19(5-8-24(20)31(26)30)23-16-22(17-10-13-28-14-11-17)25(29-23)18-3-6-21(27)7-4-18/h3-8,10-11,13-16,29H,9,12H2,1-2H3. The summed E-state index contributed by atoms with van der Waals surface area (Å²) in [5.74, 6) is -0.258. The third-order valence-electron chi connectivity index (χ3n) is 6.01. The van der Waals surface area contributed by atoms with E-state index in [4.69, 9.17) is 0 Å². The molecule has 0 fully saturated rings. The van der Waals surface area contributed by atoms with Crippen LogP contribution in [-0.2, 0) is 17.2 Å². The van der Waals surface area contributed by atoms with Gasteiger partial charge in [-0.25, -0.2) is 4.39 Å². The van der Waals surface area contributed by atoms with Crippen LogP contribution in [0.2, 0.25) is 0 Å². The second-order valence-corrected chi connectivity index (χ2v) is 10.6. The van der Waals surface area contributed by atoms with Crippen molar-refractivity contribution in [2.75, 3.05) is 0 Å². The van der Waals surface area contributed by atoms with Gasteiger partial charge in [0.1, 0.15) is 5.82 Å². The number of nitrogens with zero attached hydrogens (tertiary/aromatic N) is 1. The Labute approximate surface area is 183 Å². The quantitative estimate of drug-likeness (QED) is 0.410. The molecule has 0 aliphatic carbocycles. The van der Waals surface area contributed by atoms with E-state index in [2.05, 4.69) is 35.9 Å². The summed E-state index contributed by atoms with van der Waals surface area (Å²) >= 11 is 0. The zero-order valence-electron chi connectivity index (χ0n) is 17.5. The fourth-order valence-electron chi connectivity index (χ4n) is 4.16. The maximum atomic E-state index is 13.5. The summed E-state index contributed by atoms with van der Waals surface area (Å²) in [5, 5.41) is 0. The van der Waals surface area contributed by atoms with Gasteiger partial charge in [0.05, 0.1) is 16.5 Å². The van der Waals surface area contributed by atoms with Crippen molar-refractivity contribution in [1.29, 1.82) is 0 Å². The van der Waals surface area contributed by atoms with Crippen LogP contribution in [0.4, 0.5) is 4.39 Å². The van der Waals surface area contributed by atoms with Crippen molar-refractivity contribution in [3.05, 3.63) is 84.4 Å². The van der Waals surface area contributed by atoms with E-state index in [1.165, 1.54) is 12.1 Å². The van der Waals surface area contributed by atoms with E-state index in [0.717, 1.165) is 56.9 Å². The normalized spacial score (nSPS) is 17.3. The number of aromatic amines is 1. The topological polar surface area (TPSA) is 45.8 Å². The Kier molecular flexibility index (Phi) is 4.86. The Hall–Kier alpha value is -3.05. The van der Waals surface area contributed by atoms with E-state index in [1.54, 1.807) is 24.5 Å². The second kappa shape index (κ2) is 7.57. The summed E-state index contributed by atoms with van der Waals surface area (Å²) in [6.07, 6.45) is 5.37. The maximum absolute atomic E-state index is 13.5. The number of rotatable bonds is 3. The van der Waals surface area contributed by atoms with Crippen LogP contribution in [0.15, 0.2) is 78.0 Å². The lowest BCUT2D eigenvalue weighted by Crippen LogP contribution is -2.31. The number of nitrogens with one attached hydrogen (secondary N) is 1. The molecule has 31 heavy (non-hydrogen) atoms. The summed E-state index contributed by atoms with van der Waals surface area (Å²) < 4.78 is 26.2. The average Bonchev–Trinajstić information content (AvgIpc) is 3.23. The molecule has 0 bridgehead atoms. The molecular formula is C26H23FN2OS. The van der Waals surface area contributed by atoms with Gasteiger partial charge in [0.15, 0.2) is 0 Å². The second-order valence-electron chi connectivity index (χ2n) is 8.57. The molecule has 2 aromatic heterocycles. The molecule has 1 atom stereocenters.